The Morgan fingerprint density at radius 1 is 1.03 bits per heavy atom. The maximum Gasteiger partial charge on any atom is 0.416 e. The molecule has 2 amide bonds. The van der Waals surface area contributed by atoms with Crippen molar-refractivity contribution in [3.63, 3.8) is 0 Å². The molecule has 0 aliphatic carbocycles. The highest BCUT2D eigenvalue weighted by Gasteiger charge is 2.36. The number of alkyl halides is 3. The maximum absolute atomic E-state index is 13.2. The van der Waals surface area contributed by atoms with Gasteiger partial charge in [0.1, 0.15) is 18.0 Å². The van der Waals surface area contributed by atoms with Gasteiger partial charge in [-0.25, -0.2) is 14.3 Å². The number of alkyl carbamates (subject to hydrolysis) is 1. The van der Waals surface area contributed by atoms with Gasteiger partial charge in [0, 0.05) is 5.56 Å². The summed E-state index contributed by atoms with van der Waals surface area (Å²) in [5, 5.41) is 7.09. The molecule has 0 spiro atoms. The van der Waals surface area contributed by atoms with Crippen molar-refractivity contribution in [3.05, 3.63) is 71.9 Å². The fourth-order valence-electron chi connectivity index (χ4n) is 3.91. The number of amides is 2. The number of carbonyl (C=O) groups excluding carboxylic acids is 2. The van der Waals surface area contributed by atoms with E-state index in [2.05, 4.69) is 10.4 Å². The van der Waals surface area contributed by atoms with E-state index < -0.39 is 35.6 Å². The van der Waals surface area contributed by atoms with Crippen molar-refractivity contribution in [2.24, 2.45) is 0 Å². The number of carbonyl (C=O) groups is 2. The number of benzene rings is 2. The first-order chi connectivity index (χ1) is 17.4. The number of rotatable bonds is 4. The van der Waals surface area contributed by atoms with Crippen molar-refractivity contribution in [3.8, 4) is 11.1 Å². The summed E-state index contributed by atoms with van der Waals surface area (Å²) in [6, 6.07) is 13.3. The smallest absolute Gasteiger partial charge is 0.416 e. The molecule has 0 fully saturated rings. The molecule has 1 aliphatic heterocycles. The lowest BCUT2D eigenvalue weighted by Crippen LogP contribution is -2.53. The molecular formula is C26H27F3N4O4. The van der Waals surface area contributed by atoms with Crippen LogP contribution in [0, 0.1) is 0 Å². The predicted molar refractivity (Wildman–Crippen MR) is 130 cm³/mol. The Hall–Kier alpha value is -4.02. The average Bonchev–Trinajstić information content (AvgIpc) is 3.25. The van der Waals surface area contributed by atoms with E-state index in [1.54, 1.807) is 20.8 Å². The van der Waals surface area contributed by atoms with E-state index in [1.165, 1.54) is 27.9 Å². The van der Waals surface area contributed by atoms with Crippen LogP contribution in [0.4, 0.5) is 28.6 Å². The average molecular weight is 517 g/mol. The summed E-state index contributed by atoms with van der Waals surface area (Å²) in [7, 11) is 0. The molecular weight excluding hydrogens is 489 g/mol. The van der Waals surface area contributed by atoms with Crippen molar-refractivity contribution in [2.75, 3.05) is 11.4 Å². The summed E-state index contributed by atoms with van der Waals surface area (Å²) in [5.74, 6) is 0.365. The van der Waals surface area contributed by atoms with Gasteiger partial charge in [-0.2, -0.15) is 18.3 Å². The van der Waals surface area contributed by atoms with Crippen LogP contribution in [0.3, 0.4) is 0 Å². The third-order valence-electron chi connectivity index (χ3n) is 5.54. The van der Waals surface area contributed by atoms with Gasteiger partial charge in [0.25, 0.3) is 0 Å². The van der Waals surface area contributed by atoms with Crippen LogP contribution in [0.15, 0.2) is 60.8 Å². The van der Waals surface area contributed by atoms with Crippen LogP contribution in [0.1, 0.15) is 31.9 Å². The van der Waals surface area contributed by atoms with Crippen molar-refractivity contribution < 1.29 is 32.2 Å². The Labute approximate surface area is 212 Å². The first kappa shape index (κ1) is 26.1. The molecule has 1 aromatic heterocycles. The van der Waals surface area contributed by atoms with Crippen molar-refractivity contribution in [1.82, 2.24) is 15.1 Å². The third kappa shape index (κ3) is 6.41. The first-order valence-corrected chi connectivity index (χ1v) is 11.6. The van der Waals surface area contributed by atoms with Gasteiger partial charge in [0.15, 0.2) is 0 Å². The molecule has 2 heterocycles. The molecule has 11 heteroatoms. The lowest BCUT2D eigenvalue weighted by atomic mass is 10.0. The Bertz CT molecular complexity index is 1250. The zero-order valence-electron chi connectivity index (χ0n) is 20.6. The minimum atomic E-state index is -4.46. The summed E-state index contributed by atoms with van der Waals surface area (Å²) in [6.07, 6.45) is -4.32. The summed E-state index contributed by atoms with van der Waals surface area (Å²) in [5.41, 5.74) is 0.166. The minimum Gasteiger partial charge on any atom is -0.445 e. The zero-order valence-corrected chi connectivity index (χ0v) is 20.6. The Balaban J connectivity index is 1.57. The van der Waals surface area contributed by atoms with Crippen LogP contribution in [-0.2, 0) is 28.8 Å². The fourth-order valence-corrected chi connectivity index (χ4v) is 3.91. The molecule has 1 atom stereocenters. The van der Waals surface area contributed by atoms with Gasteiger partial charge in [0.05, 0.1) is 30.9 Å². The number of aromatic nitrogens is 2. The van der Waals surface area contributed by atoms with Crippen LogP contribution in [-0.4, -0.2) is 40.2 Å². The topological polar surface area (TPSA) is 85.7 Å². The van der Waals surface area contributed by atoms with Crippen LogP contribution < -0.4 is 10.2 Å². The minimum absolute atomic E-state index is 0.0503. The molecule has 2 aromatic carbocycles. The maximum atomic E-state index is 13.2. The lowest BCUT2D eigenvalue weighted by molar-refractivity contribution is -0.137. The molecule has 1 unspecified atom stereocenters. The van der Waals surface area contributed by atoms with E-state index in [-0.39, 0.29) is 19.7 Å². The van der Waals surface area contributed by atoms with Gasteiger partial charge in [-0.15, -0.1) is 0 Å². The van der Waals surface area contributed by atoms with Crippen LogP contribution in [0.2, 0.25) is 0 Å². The van der Waals surface area contributed by atoms with E-state index in [0.717, 1.165) is 17.7 Å². The first-order valence-electron chi connectivity index (χ1n) is 11.6. The van der Waals surface area contributed by atoms with Gasteiger partial charge >= 0.3 is 18.4 Å². The fraction of sp³-hybridized carbons (Fsp3) is 0.346. The van der Waals surface area contributed by atoms with E-state index >= 15 is 0 Å². The molecule has 37 heavy (non-hydrogen) atoms. The molecule has 3 aromatic rings. The third-order valence-corrected chi connectivity index (χ3v) is 5.54. The second kappa shape index (κ2) is 10.2. The molecule has 1 N–H and O–H groups in total. The number of nitrogens with zero attached hydrogens (tertiary/aromatic N) is 3. The number of anilines is 1. The Morgan fingerprint density at radius 2 is 1.70 bits per heavy atom. The van der Waals surface area contributed by atoms with Gasteiger partial charge in [0.2, 0.25) is 0 Å². The van der Waals surface area contributed by atoms with Gasteiger partial charge in [-0.1, -0.05) is 42.5 Å². The molecule has 0 saturated carbocycles. The summed E-state index contributed by atoms with van der Waals surface area (Å²) in [6.45, 7) is 5.52. The number of ether oxygens (including phenoxy) is 2. The quantitative estimate of drug-likeness (QED) is 0.487. The number of fused-ring (bicyclic) bond motifs is 1. The molecule has 4 rings (SSSR count). The van der Waals surface area contributed by atoms with Crippen molar-refractivity contribution in [1.29, 1.82) is 0 Å². The highest BCUT2D eigenvalue weighted by atomic mass is 19.4. The predicted octanol–water partition coefficient (Wildman–Crippen LogP) is 5.62. The van der Waals surface area contributed by atoms with E-state index in [1.807, 2.05) is 30.3 Å². The molecule has 8 nitrogen and oxygen atoms in total. The standard InChI is InChI=1S/C26H27F3N4O4/c1-25(2,3)37-24(35)32-14-20(31-23(34)36-16-17-7-5-4-6-8-17)15-33-22(32)21(13-30-33)18-9-11-19(12-10-18)26(27,28)29/h4-13,20H,14-16H2,1-3H3,(H,31,34). The monoisotopic (exact) mass is 516 g/mol. The molecule has 196 valence electrons. The molecule has 1 aliphatic rings. The van der Waals surface area contributed by atoms with E-state index in [9.17, 15) is 22.8 Å². The van der Waals surface area contributed by atoms with E-state index in [0.29, 0.717) is 16.9 Å². The summed E-state index contributed by atoms with van der Waals surface area (Å²) in [4.78, 5) is 26.9. The highest BCUT2D eigenvalue weighted by Crippen LogP contribution is 2.36. The van der Waals surface area contributed by atoms with Gasteiger partial charge in [-0.3, -0.25) is 4.90 Å². The summed E-state index contributed by atoms with van der Waals surface area (Å²) >= 11 is 0. The van der Waals surface area contributed by atoms with Crippen LogP contribution in [0.25, 0.3) is 11.1 Å². The molecule has 0 saturated heterocycles. The van der Waals surface area contributed by atoms with Gasteiger partial charge in [-0.05, 0) is 44.0 Å². The zero-order chi connectivity index (χ0) is 26.8. The lowest BCUT2D eigenvalue weighted by Gasteiger charge is -2.35. The highest BCUT2D eigenvalue weighted by molar-refractivity contribution is 5.93. The number of nitrogens with one attached hydrogen (secondary N) is 1. The normalized spacial score (nSPS) is 15.6. The van der Waals surface area contributed by atoms with Crippen LogP contribution >= 0.6 is 0 Å². The number of hydrogen-bond donors (Lipinski definition) is 1. The molecule has 0 bridgehead atoms. The molecule has 0 radical (unpaired) electrons. The van der Waals surface area contributed by atoms with Gasteiger partial charge < -0.3 is 14.8 Å². The summed E-state index contributed by atoms with van der Waals surface area (Å²) < 4.78 is 51.5. The largest absolute Gasteiger partial charge is 0.445 e. The second-order valence-corrected chi connectivity index (χ2v) is 9.63. The van der Waals surface area contributed by atoms with Crippen LogP contribution in [0.5, 0.6) is 0 Å². The Kier molecular flexibility index (Phi) is 7.15. The number of halogens is 3. The number of hydrogen-bond acceptors (Lipinski definition) is 5. The Morgan fingerprint density at radius 3 is 2.32 bits per heavy atom. The van der Waals surface area contributed by atoms with E-state index in [4.69, 9.17) is 9.47 Å². The second-order valence-electron chi connectivity index (χ2n) is 9.63. The SMILES string of the molecule is CC(C)(C)OC(=O)N1CC(NC(=O)OCc2ccccc2)Cn2ncc(-c3ccc(C(F)(F)F)cc3)c21. The van der Waals surface area contributed by atoms with Crippen molar-refractivity contribution >= 4 is 18.0 Å². The van der Waals surface area contributed by atoms with Crippen molar-refractivity contribution in [2.45, 2.75) is 51.7 Å².